The van der Waals surface area contributed by atoms with Gasteiger partial charge in [0.2, 0.25) is 0 Å². The van der Waals surface area contributed by atoms with Gasteiger partial charge in [0.05, 0.1) is 0 Å². The van der Waals surface area contributed by atoms with Crippen molar-refractivity contribution in [1.29, 1.82) is 0 Å². The molecule has 1 aliphatic rings. The SMILES string of the molecule is Cc1ccc(C)c(NC(=S)NN=C2CCCC(=O)C2)c1. The fourth-order valence-corrected chi connectivity index (χ4v) is 2.30. The molecule has 0 unspecified atom stereocenters. The molecule has 0 spiro atoms. The molecule has 0 amide bonds. The highest BCUT2D eigenvalue weighted by atomic mass is 32.1. The number of rotatable bonds is 2. The van der Waals surface area contributed by atoms with Crippen LogP contribution in [-0.4, -0.2) is 16.6 Å². The standard InChI is InChI=1S/C15H19N3OS/c1-10-6-7-11(2)14(8-10)16-15(20)18-17-12-4-3-5-13(19)9-12/h6-8H,3-5,9H2,1-2H3,(H2,16,18,20). The van der Waals surface area contributed by atoms with Gasteiger partial charge in [-0.3, -0.25) is 10.2 Å². The van der Waals surface area contributed by atoms with Crippen molar-refractivity contribution >= 4 is 34.5 Å². The minimum atomic E-state index is 0.255. The number of nitrogens with one attached hydrogen (secondary N) is 2. The molecule has 1 fully saturated rings. The first-order valence-electron chi connectivity index (χ1n) is 6.76. The van der Waals surface area contributed by atoms with E-state index in [2.05, 4.69) is 21.9 Å². The summed E-state index contributed by atoms with van der Waals surface area (Å²) in [7, 11) is 0. The van der Waals surface area contributed by atoms with Gasteiger partial charge in [0.1, 0.15) is 5.78 Å². The van der Waals surface area contributed by atoms with Gasteiger partial charge < -0.3 is 5.32 Å². The Balaban J connectivity index is 1.94. The lowest BCUT2D eigenvalue weighted by atomic mass is 9.97. The van der Waals surface area contributed by atoms with E-state index in [1.807, 2.05) is 26.0 Å². The van der Waals surface area contributed by atoms with Crippen LogP contribution in [-0.2, 0) is 4.79 Å². The van der Waals surface area contributed by atoms with Crippen molar-refractivity contribution in [3.8, 4) is 0 Å². The highest BCUT2D eigenvalue weighted by molar-refractivity contribution is 7.80. The number of hydrogen-bond donors (Lipinski definition) is 2. The fraction of sp³-hybridized carbons (Fsp3) is 0.400. The average molecular weight is 289 g/mol. The van der Waals surface area contributed by atoms with Crippen LogP contribution in [0, 0.1) is 13.8 Å². The zero-order valence-corrected chi connectivity index (χ0v) is 12.6. The van der Waals surface area contributed by atoms with E-state index in [4.69, 9.17) is 12.2 Å². The van der Waals surface area contributed by atoms with Crippen LogP contribution in [0.2, 0.25) is 0 Å². The Hall–Kier alpha value is -1.75. The van der Waals surface area contributed by atoms with E-state index >= 15 is 0 Å². The Kier molecular flexibility index (Phi) is 4.84. The molecule has 1 aliphatic carbocycles. The maximum atomic E-state index is 11.3. The van der Waals surface area contributed by atoms with E-state index in [9.17, 15) is 4.79 Å². The van der Waals surface area contributed by atoms with Gasteiger partial charge >= 0.3 is 0 Å². The lowest BCUT2D eigenvalue weighted by molar-refractivity contribution is -0.118. The van der Waals surface area contributed by atoms with E-state index in [0.29, 0.717) is 18.0 Å². The molecule has 2 N–H and O–H groups in total. The van der Waals surface area contributed by atoms with E-state index in [0.717, 1.165) is 29.8 Å². The van der Waals surface area contributed by atoms with E-state index < -0.39 is 0 Å². The molecule has 1 saturated carbocycles. The third kappa shape index (κ3) is 4.13. The Bertz CT molecular complexity index is 566. The number of nitrogens with zero attached hydrogens (tertiary/aromatic N) is 1. The molecule has 1 aromatic rings. The second-order valence-corrected chi connectivity index (χ2v) is 5.54. The number of ketones is 1. The van der Waals surface area contributed by atoms with E-state index in [1.54, 1.807) is 0 Å². The summed E-state index contributed by atoms with van der Waals surface area (Å²) in [6.07, 6.45) is 2.87. The van der Waals surface area contributed by atoms with Crippen molar-refractivity contribution in [2.75, 3.05) is 5.32 Å². The van der Waals surface area contributed by atoms with Crippen molar-refractivity contribution in [2.24, 2.45) is 5.10 Å². The Morgan fingerprint density at radius 1 is 1.30 bits per heavy atom. The van der Waals surface area contributed by atoms with Gasteiger partial charge in [0.15, 0.2) is 5.11 Å². The monoisotopic (exact) mass is 289 g/mol. The minimum Gasteiger partial charge on any atom is -0.331 e. The molecular weight excluding hydrogens is 270 g/mol. The maximum Gasteiger partial charge on any atom is 0.191 e. The summed E-state index contributed by atoms with van der Waals surface area (Å²) in [5.41, 5.74) is 6.98. The van der Waals surface area contributed by atoms with Crippen LogP contribution in [0.5, 0.6) is 0 Å². The van der Waals surface area contributed by atoms with Gasteiger partial charge in [-0.05, 0) is 56.1 Å². The average Bonchev–Trinajstić information content (AvgIpc) is 2.41. The third-order valence-electron chi connectivity index (χ3n) is 3.28. The zero-order valence-electron chi connectivity index (χ0n) is 11.8. The van der Waals surface area contributed by atoms with Crippen LogP contribution in [0.15, 0.2) is 23.3 Å². The number of hydrogen-bond acceptors (Lipinski definition) is 3. The first-order valence-corrected chi connectivity index (χ1v) is 7.17. The number of aryl methyl sites for hydroxylation is 2. The number of benzene rings is 1. The predicted molar refractivity (Wildman–Crippen MR) is 86.2 cm³/mol. The Labute approximate surface area is 124 Å². The second-order valence-electron chi connectivity index (χ2n) is 5.13. The van der Waals surface area contributed by atoms with Crippen LogP contribution in [0.1, 0.15) is 36.8 Å². The molecule has 106 valence electrons. The van der Waals surface area contributed by atoms with Crippen LogP contribution >= 0.6 is 12.2 Å². The second kappa shape index (κ2) is 6.61. The molecule has 0 saturated heterocycles. The molecule has 0 aromatic heterocycles. The summed E-state index contributed by atoms with van der Waals surface area (Å²) in [4.78, 5) is 11.3. The molecule has 0 heterocycles. The lowest BCUT2D eigenvalue weighted by Gasteiger charge is -2.14. The first-order chi connectivity index (χ1) is 9.54. The summed E-state index contributed by atoms with van der Waals surface area (Å²) in [5, 5.41) is 7.80. The first kappa shape index (κ1) is 14.7. The minimum absolute atomic E-state index is 0.255. The normalized spacial score (nSPS) is 17.1. The quantitative estimate of drug-likeness (QED) is 0.649. The molecule has 20 heavy (non-hydrogen) atoms. The molecule has 0 atom stereocenters. The highest BCUT2D eigenvalue weighted by Crippen LogP contribution is 2.16. The van der Waals surface area contributed by atoms with Crippen LogP contribution in [0.3, 0.4) is 0 Å². The molecular formula is C15H19N3OS. The molecule has 1 aromatic carbocycles. The summed E-state index contributed by atoms with van der Waals surface area (Å²) in [6.45, 7) is 4.06. The number of thiocarbonyl (C=S) groups is 1. The van der Waals surface area contributed by atoms with Crippen molar-refractivity contribution < 1.29 is 4.79 Å². The van der Waals surface area contributed by atoms with Crippen molar-refractivity contribution in [3.05, 3.63) is 29.3 Å². The van der Waals surface area contributed by atoms with Crippen molar-refractivity contribution in [2.45, 2.75) is 39.5 Å². The smallest absolute Gasteiger partial charge is 0.191 e. The van der Waals surface area contributed by atoms with Gasteiger partial charge in [0, 0.05) is 24.2 Å². The Morgan fingerprint density at radius 3 is 2.85 bits per heavy atom. The zero-order chi connectivity index (χ0) is 14.5. The molecule has 5 heteroatoms. The predicted octanol–water partition coefficient (Wildman–Crippen LogP) is 3.09. The molecule has 0 bridgehead atoms. The number of anilines is 1. The van der Waals surface area contributed by atoms with Gasteiger partial charge in [-0.2, -0.15) is 5.10 Å². The molecule has 0 radical (unpaired) electrons. The maximum absolute atomic E-state index is 11.3. The van der Waals surface area contributed by atoms with E-state index in [1.165, 1.54) is 5.56 Å². The van der Waals surface area contributed by atoms with Crippen LogP contribution in [0.25, 0.3) is 0 Å². The molecule has 4 nitrogen and oxygen atoms in total. The summed E-state index contributed by atoms with van der Waals surface area (Å²) in [5.74, 6) is 0.255. The van der Waals surface area contributed by atoms with E-state index in [-0.39, 0.29) is 5.78 Å². The lowest BCUT2D eigenvalue weighted by Crippen LogP contribution is -2.27. The number of Topliss-reactive ketones (excluding diaryl/α,β-unsaturated/α-hetero) is 1. The van der Waals surface area contributed by atoms with Crippen molar-refractivity contribution in [3.63, 3.8) is 0 Å². The highest BCUT2D eigenvalue weighted by Gasteiger charge is 2.14. The largest absolute Gasteiger partial charge is 0.331 e. The van der Waals surface area contributed by atoms with Crippen LogP contribution < -0.4 is 10.7 Å². The fourth-order valence-electron chi connectivity index (χ4n) is 2.14. The van der Waals surface area contributed by atoms with Gasteiger partial charge in [-0.1, -0.05) is 12.1 Å². The topological polar surface area (TPSA) is 53.5 Å². The van der Waals surface area contributed by atoms with Gasteiger partial charge in [-0.25, -0.2) is 0 Å². The summed E-state index contributed by atoms with van der Waals surface area (Å²) in [6, 6.07) is 6.15. The number of carbonyl (C=O) groups excluding carboxylic acids is 1. The van der Waals surface area contributed by atoms with Gasteiger partial charge in [-0.15, -0.1) is 0 Å². The summed E-state index contributed by atoms with van der Waals surface area (Å²) >= 11 is 5.22. The Morgan fingerprint density at radius 2 is 2.10 bits per heavy atom. The number of hydrazone groups is 1. The molecule has 0 aliphatic heterocycles. The molecule has 2 rings (SSSR count). The summed E-state index contributed by atoms with van der Waals surface area (Å²) < 4.78 is 0. The number of carbonyl (C=O) groups is 1. The van der Waals surface area contributed by atoms with Gasteiger partial charge in [0.25, 0.3) is 0 Å². The third-order valence-corrected chi connectivity index (χ3v) is 3.47. The van der Waals surface area contributed by atoms with Crippen LogP contribution in [0.4, 0.5) is 5.69 Å². The van der Waals surface area contributed by atoms with Crippen molar-refractivity contribution in [1.82, 2.24) is 5.43 Å².